The maximum atomic E-state index is 12.2. The van der Waals surface area contributed by atoms with Crippen LogP contribution in [0.5, 0.6) is 0 Å². The molecule has 5 rings (SSSR count). The van der Waals surface area contributed by atoms with Gasteiger partial charge in [-0.15, -0.1) is 0 Å². The van der Waals surface area contributed by atoms with Gasteiger partial charge in [0.1, 0.15) is 6.54 Å². The molecule has 11 heteroatoms. The number of hydrogen-bond donors (Lipinski definition) is 4. The topological polar surface area (TPSA) is 138 Å². The normalized spacial score (nSPS) is 19.5. The van der Waals surface area contributed by atoms with Crippen molar-refractivity contribution in [3.8, 4) is 0 Å². The number of anilines is 1. The lowest BCUT2D eigenvalue weighted by Gasteiger charge is -2.27. The van der Waals surface area contributed by atoms with E-state index in [0.717, 1.165) is 84.6 Å². The first-order valence-electron chi connectivity index (χ1n) is 18.7. The second-order valence-corrected chi connectivity index (χ2v) is 17.4. The van der Waals surface area contributed by atoms with Crippen molar-refractivity contribution in [1.29, 1.82) is 0 Å². The quantitative estimate of drug-likeness (QED) is 0.0755. The monoisotopic (exact) mass is 763 g/mol. The third-order valence-corrected chi connectivity index (χ3v) is 12.3. The molecule has 0 unspecified atom stereocenters. The minimum absolute atomic E-state index is 0.0109. The van der Waals surface area contributed by atoms with Gasteiger partial charge in [0.05, 0.1) is 10.7 Å². The van der Waals surface area contributed by atoms with Crippen LogP contribution < -0.4 is 10.2 Å². The average molecular weight is 764 g/mol. The SMILES string of the molecule is CC1(C)C(/C=C/C2=C(Cl)C(=C/C=C3/N(CCCCCC(=O)O)c4ccc(P(=O)(O)O)cc4C3(C)C)/CCC2)=[N+](CCCCCC(=O)O)c2ccccc21. The van der Waals surface area contributed by atoms with E-state index in [1.165, 1.54) is 23.0 Å². The molecule has 2 aromatic carbocycles. The average Bonchev–Trinajstić information content (AvgIpc) is 3.44. The van der Waals surface area contributed by atoms with Gasteiger partial charge >= 0.3 is 19.5 Å². The zero-order valence-corrected chi connectivity index (χ0v) is 32.9. The minimum Gasteiger partial charge on any atom is -0.481 e. The Labute approximate surface area is 318 Å². The van der Waals surface area contributed by atoms with Crippen LogP contribution in [-0.2, 0) is 25.0 Å². The number of unbranched alkanes of at least 4 members (excludes halogenated alkanes) is 4. The molecular weight excluding hydrogens is 711 g/mol. The zero-order chi connectivity index (χ0) is 38.6. The summed E-state index contributed by atoms with van der Waals surface area (Å²) in [5.41, 5.74) is 7.69. The summed E-state index contributed by atoms with van der Waals surface area (Å²) in [6.07, 6.45) is 16.0. The highest BCUT2D eigenvalue weighted by atomic mass is 35.5. The highest BCUT2D eigenvalue weighted by molar-refractivity contribution is 7.60. The lowest BCUT2D eigenvalue weighted by molar-refractivity contribution is -0.438. The van der Waals surface area contributed by atoms with Crippen LogP contribution in [0.25, 0.3) is 0 Å². The molecule has 2 aliphatic heterocycles. The number of allylic oxidation sites excluding steroid dienone is 8. The molecule has 2 aromatic rings. The molecule has 0 fully saturated rings. The Morgan fingerprint density at radius 2 is 1.53 bits per heavy atom. The van der Waals surface area contributed by atoms with Crippen molar-refractivity contribution in [2.24, 2.45) is 0 Å². The fraction of sp³-hybridized carbons (Fsp3) is 0.452. The molecule has 53 heavy (non-hydrogen) atoms. The molecule has 0 amide bonds. The van der Waals surface area contributed by atoms with Crippen LogP contribution >= 0.6 is 19.2 Å². The van der Waals surface area contributed by atoms with Gasteiger partial charge in [-0.05, 0) is 99.8 Å². The molecule has 0 atom stereocenters. The number of nitrogens with zero attached hydrogens (tertiary/aromatic N) is 2. The number of fused-ring (bicyclic) bond motifs is 2. The number of carboxylic acid groups (broad SMARTS) is 2. The van der Waals surface area contributed by atoms with Gasteiger partial charge < -0.3 is 24.9 Å². The first kappa shape index (κ1) is 40.4. The standard InChI is InChI=1S/C42H52ClN2O7P/c1-41(2)32-16-9-10-17-34(32)44(26-11-5-7-18-38(46)47)36(41)24-20-29-14-13-15-30(40(29)43)21-25-37-42(3,4)33-28-31(53(50,51)52)22-23-35(33)45(37)27-12-6-8-19-39(48)49/h9-10,16-17,20-25,28H,5-8,11-15,18-19,26-27H2,1-4H3,(H3-,46,47,48,49,50,51,52)/p+1. The molecule has 0 saturated carbocycles. The Balaban J connectivity index is 1.45. The lowest BCUT2D eigenvalue weighted by Crippen LogP contribution is -2.28. The van der Waals surface area contributed by atoms with E-state index in [9.17, 15) is 23.9 Å². The Kier molecular flexibility index (Phi) is 12.8. The van der Waals surface area contributed by atoms with Crippen molar-refractivity contribution in [2.75, 3.05) is 18.0 Å². The van der Waals surface area contributed by atoms with Crippen LogP contribution in [0, 0.1) is 0 Å². The van der Waals surface area contributed by atoms with Gasteiger partial charge in [0.25, 0.3) is 0 Å². The van der Waals surface area contributed by atoms with Crippen molar-refractivity contribution in [3.05, 3.63) is 99.8 Å². The van der Waals surface area contributed by atoms with E-state index < -0.39 is 24.9 Å². The van der Waals surface area contributed by atoms with Crippen molar-refractivity contribution >= 4 is 53.5 Å². The number of benzene rings is 2. The number of para-hydroxylation sites is 1. The zero-order valence-electron chi connectivity index (χ0n) is 31.3. The number of aliphatic carboxylic acids is 2. The van der Waals surface area contributed by atoms with E-state index in [-0.39, 0.29) is 23.6 Å². The van der Waals surface area contributed by atoms with E-state index in [1.54, 1.807) is 12.1 Å². The second kappa shape index (κ2) is 16.7. The van der Waals surface area contributed by atoms with Crippen molar-refractivity contribution in [3.63, 3.8) is 0 Å². The van der Waals surface area contributed by atoms with E-state index in [2.05, 4.69) is 85.7 Å². The smallest absolute Gasteiger partial charge is 0.356 e. The molecule has 0 aromatic heterocycles. The molecule has 9 nitrogen and oxygen atoms in total. The highest BCUT2D eigenvalue weighted by Crippen LogP contribution is 2.49. The fourth-order valence-corrected chi connectivity index (χ4v) is 8.86. The molecule has 284 valence electrons. The molecule has 0 saturated heterocycles. The largest absolute Gasteiger partial charge is 0.481 e. The van der Waals surface area contributed by atoms with Crippen LogP contribution in [0.2, 0.25) is 0 Å². The summed E-state index contributed by atoms with van der Waals surface area (Å²) >= 11 is 7.18. The van der Waals surface area contributed by atoms with Crippen LogP contribution in [0.1, 0.15) is 109 Å². The Morgan fingerprint density at radius 1 is 0.849 bits per heavy atom. The van der Waals surface area contributed by atoms with Crippen molar-refractivity contribution < 1.29 is 38.7 Å². The number of rotatable bonds is 16. The summed E-state index contributed by atoms with van der Waals surface area (Å²) in [7, 11) is -4.45. The number of hydrogen-bond acceptors (Lipinski definition) is 4. The first-order valence-corrected chi connectivity index (χ1v) is 20.7. The third-order valence-electron chi connectivity index (χ3n) is 10.9. The molecule has 1 aliphatic carbocycles. The van der Waals surface area contributed by atoms with Gasteiger partial charge in [0.2, 0.25) is 5.69 Å². The summed E-state index contributed by atoms with van der Waals surface area (Å²) in [4.78, 5) is 44.2. The molecule has 4 N–H and O–H groups in total. The summed E-state index contributed by atoms with van der Waals surface area (Å²) in [6.45, 7) is 10.1. The van der Waals surface area contributed by atoms with Crippen LogP contribution in [0.4, 0.5) is 11.4 Å². The van der Waals surface area contributed by atoms with Gasteiger partial charge in [0, 0.05) is 65.3 Å². The van der Waals surface area contributed by atoms with Crippen LogP contribution in [0.3, 0.4) is 0 Å². The number of carboxylic acids is 2. The third kappa shape index (κ3) is 9.14. The van der Waals surface area contributed by atoms with Gasteiger partial charge in [0.15, 0.2) is 5.71 Å². The Bertz CT molecular complexity index is 1950. The van der Waals surface area contributed by atoms with Gasteiger partial charge in [-0.3, -0.25) is 14.2 Å². The molecule has 0 spiro atoms. The van der Waals surface area contributed by atoms with Crippen LogP contribution in [-0.4, -0.2) is 55.3 Å². The molecular formula is C42H53ClN2O7P+. The number of halogens is 1. The summed E-state index contributed by atoms with van der Waals surface area (Å²) in [5, 5.41) is 18.9. The lowest BCUT2D eigenvalue weighted by atomic mass is 9.81. The molecule has 3 aliphatic rings. The van der Waals surface area contributed by atoms with E-state index in [0.29, 0.717) is 19.4 Å². The molecule has 0 bridgehead atoms. The summed E-state index contributed by atoms with van der Waals surface area (Å²) < 4.78 is 14.6. The molecule has 2 heterocycles. The van der Waals surface area contributed by atoms with E-state index >= 15 is 0 Å². The summed E-state index contributed by atoms with van der Waals surface area (Å²) in [6, 6.07) is 13.4. The van der Waals surface area contributed by atoms with Gasteiger partial charge in [-0.1, -0.05) is 62.2 Å². The van der Waals surface area contributed by atoms with Gasteiger partial charge in [-0.25, -0.2) is 0 Å². The van der Waals surface area contributed by atoms with Crippen LogP contribution in [0.15, 0.2) is 88.6 Å². The minimum atomic E-state index is -4.45. The van der Waals surface area contributed by atoms with Crippen molar-refractivity contribution in [2.45, 2.75) is 109 Å². The number of carbonyl (C=O) groups is 2. The van der Waals surface area contributed by atoms with Crippen molar-refractivity contribution in [1.82, 2.24) is 0 Å². The predicted octanol–water partition coefficient (Wildman–Crippen LogP) is 9.00. The Morgan fingerprint density at radius 3 is 2.21 bits per heavy atom. The Hall–Kier alpha value is -3.75. The molecule has 0 radical (unpaired) electrons. The summed E-state index contributed by atoms with van der Waals surface area (Å²) in [5.74, 6) is -1.56. The van der Waals surface area contributed by atoms with E-state index in [1.807, 2.05) is 0 Å². The first-order chi connectivity index (χ1) is 25.0. The fourth-order valence-electron chi connectivity index (χ4n) is 7.98. The maximum absolute atomic E-state index is 12.2. The maximum Gasteiger partial charge on any atom is 0.356 e. The van der Waals surface area contributed by atoms with Gasteiger partial charge in [-0.2, -0.15) is 4.58 Å². The predicted molar refractivity (Wildman–Crippen MR) is 212 cm³/mol. The van der Waals surface area contributed by atoms with E-state index in [4.69, 9.17) is 21.8 Å². The highest BCUT2D eigenvalue weighted by Gasteiger charge is 2.44. The second-order valence-electron chi connectivity index (χ2n) is 15.4.